The number of imidazole rings is 1. The summed E-state index contributed by atoms with van der Waals surface area (Å²) < 4.78 is 0. The van der Waals surface area contributed by atoms with Crippen LogP contribution in [0.1, 0.15) is 63.7 Å². The van der Waals surface area contributed by atoms with E-state index in [1.54, 1.807) is 0 Å². The van der Waals surface area contributed by atoms with E-state index in [4.69, 9.17) is 5.73 Å². The average molecular weight is 476 g/mol. The van der Waals surface area contributed by atoms with E-state index in [1.807, 2.05) is 18.3 Å². The van der Waals surface area contributed by atoms with Gasteiger partial charge in [-0.1, -0.05) is 56.2 Å². The maximum atomic E-state index is 13.2. The molecular formula is C28H37N5O2. The molecule has 1 unspecified atom stereocenters. The summed E-state index contributed by atoms with van der Waals surface area (Å²) in [6.07, 6.45) is 7.54. The molecule has 7 heteroatoms. The fourth-order valence-electron chi connectivity index (χ4n) is 4.97. The Morgan fingerprint density at radius 1 is 1.17 bits per heavy atom. The van der Waals surface area contributed by atoms with Gasteiger partial charge in [0.25, 0.3) is 0 Å². The number of carbonyl (C=O) groups excluding carboxylic acids is 2. The summed E-state index contributed by atoms with van der Waals surface area (Å²) in [6, 6.07) is 14.5. The Bertz CT molecular complexity index is 1140. The van der Waals surface area contributed by atoms with Gasteiger partial charge in [0.05, 0.1) is 23.9 Å². The molecule has 2 atom stereocenters. The molecule has 3 aromatic rings. The number of nitrogens with zero attached hydrogens (tertiary/aromatic N) is 2. The molecule has 4 rings (SSSR count). The van der Waals surface area contributed by atoms with Crippen molar-refractivity contribution >= 4 is 22.6 Å². The first-order chi connectivity index (χ1) is 17.0. The molecule has 0 saturated carbocycles. The summed E-state index contributed by atoms with van der Waals surface area (Å²) in [5.74, 6) is 0.628. The summed E-state index contributed by atoms with van der Waals surface area (Å²) in [7, 11) is 0. The van der Waals surface area contributed by atoms with Crippen LogP contribution >= 0.6 is 0 Å². The molecule has 1 fully saturated rings. The van der Waals surface area contributed by atoms with E-state index in [9.17, 15) is 9.59 Å². The van der Waals surface area contributed by atoms with E-state index >= 15 is 0 Å². The van der Waals surface area contributed by atoms with Gasteiger partial charge >= 0.3 is 0 Å². The van der Waals surface area contributed by atoms with Gasteiger partial charge in [-0.05, 0) is 55.6 Å². The highest BCUT2D eigenvalue weighted by Gasteiger charge is 2.27. The third kappa shape index (κ3) is 6.69. The van der Waals surface area contributed by atoms with E-state index in [-0.39, 0.29) is 23.8 Å². The molecule has 35 heavy (non-hydrogen) atoms. The number of amides is 2. The molecule has 0 spiro atoms. The number of aromatic nitrogens is 2. The van der Waals surface area contributed by atoms with Gasteiger partial charge in [-0.3, -0.25) is 9.59 Å². The Balaban J connectivity index is 1.48. The maximum absolute atomic E-state index is 13.2. The van der Waals surface area contributed by atoms with Crippen LogP contribution in [-0.4, -0.2) is 46.3 Å². The summed E-state index contributed by atoms with van der Waals surface area (Å²) in [4.78, 5) is 34.7. The van der Waals surface area contributed by atoms with Crippen molar-refractivity contribution in [1.29, 1.82) is 0 Å². The zero-order valence-corrected chi connectivity index (χ0v) is 20.6. The fourth-order valence-corrected chi connectivity index (χ4v) is 4.97. The molecule has 7 nitrogen and oxygen atoms in total. The Morgan fingerprint density at radius 2 is 2.00 bits per heavy atom. The molecule has 1 aromatic heterocycles. The van der Waals surface area contributed by atoms with Crippen molar-refractivity contribution in [3.8, 4) is 11.3 Å². The number of benzene rings is 2. The minimum Gasteiger partial charge on any atom is -0.370 e. The number of likely N-dealkylation sites (tertiary alicyclic amines) is 1. The van der Waals surface area contributed by atoms with Crippen molar-refractivity contribution in [1.82, 2.24) is 20.2 Å². The summed E-state index contributed by atoms with van der Waals surface area (Å²) in [5, 5.41) is 5.67. The van der Waals surface area contributed by atoms with Crippen molar-refractivity contribution in [3.05, 3.63) is 54.5 Å². The average Bonchev–Trinajstić information content (AvgIpc) is 3.37. The van der Waals surface area contributed by atoms with Crippen molar-refractivity contribution in [3.63, 3.8) is 0 Å². The van der Waals surface area contributed by atoms with Crippen LogP contribution in [0, 0.1) is 5.92 Å². The van der Waals surface area contributed by atoms with Gasteiger partial charge in [-0.2, -0.15) is 0 Å². The predicted octanol–water partition coefficient (Wildman–Crippen LogP) is 4.55. The molecule has 1 aliphatic heterocycles. The minimum absolute atomic E-state index is 0.0102. The van der Waals surface area contributed by atoms with Gasteiger partial charge in [-0.15, -0.1) is 0 Å². The standard InChI is InChI=1S/C28H37N5O2/c1-2-33-16-8-11-23(19-33)28(35)32-24(12-4-3-5-13-26(29)34)27-30-18-25(31-27)22-15-14-20-9-6-7-10-21(20)17-22/h6-7,9-10,14-15,17-18,23-24H,2-5,8,11-13,16,19H2,1H3,(H2,29,34)(H,30,31)(H,32,35)/t23?,24-/m0/s1. The zero-order valence-electron chi connectivity index (χ0n) is 20.6. The zero-order chi connectivity index (χ0) is 24.6. The predicted molar refractivity (Wildman–Crippen MR) is 140 cm³/mol. The van der Waals surface area contributed by atoms with Crippen LogP contribution in [-0.2, 0) is 9.59 Å². The first-order valence-corrected chi connectivity index (χ1v) is 12.9. The van der Waals surface area contributed by atoms with Crippen molar-refractivity contribution in [2.24, 2.45) is 11.7 Å². The molecule has 2 amide bonds. The van der Waals surface area contributed by atoms with Gasteiger partial charge in [0, 0.05) is 18.5 Å². The molecule has 0 radical (unpaired) electrons. The van der Waals surface area contributed by atoms with Gasteiger partial charge in [0.2, 0.25) is 11.8 Å². The number of piperidine rings is 1. The highest BCUT2D eigenvalue weighted by atomic mass is 16.2. The van der Waals surface area contributed by atoms with Gasteiger partial charge in [-0.25, -0.2) is 4.98 Å². The van der Waals surface area contributed by atoms with Crippen LogP contribution in [0.15, 0.2) is 48.7 Å². The van der Waals surface area contributed by atoms with Crippen LogP contribution in [0.5, 0.6) is 0 Å². The van der Waals surface area contributed by atoms with Crippen LogP contribution in [0.3, 0.4) is 0 Å². The summed E-state index contributed by atoms with van der Waals surface area (Å²) in [6.45, 7) is 5.00. The molecule has 2 heterocycles. The topological polar surface area (TPSA) is 104 Å². The lowest BCUT2D eigenvalue weighted by molar-refractivity contribution is -0.127. The Hall–Kier alpha value is -3.19. The number of primary amides is 1. The monoisotopic (exact) mass is 475 g/mol. The lowest BCUT2D eigenvalue weighted by Crippen LogP contribution is -2.44. The molecule has 186 valence electrons. The van der Waals surface area contributed by atoms with Gasteiger partial charge in [0.1, 0.15) is 5.82 Å². The smallest absolute Gasteiger partial charge is 0.224 e. The molecule has 0 bridgehead atoms. The number of rotatable bonds is 11. The van der Waals surface area contributed by atoms with E-state index in [0.717, 1.165) is 75.2 Å². The normalized spacial score (nSPS) is 17.3. The highest BCUT2D eigenvalue weighted by Crippen LogP contribution is 2.26. The number of nitrogens with two attached hydrogens (primary N) is 1. The summed E-state index contributed by atoms with van der Waals surface area (Å²) in [5.41, 5.74) is 7.28. The quantitative estimate of drug-likeness (QED) is 0.354. The van der Waals surface area contributed by atoms with Crippen LogP contribution in [0.25, 0.3) is 22.0 Å². The third-order valence-corrected chi connectivity index (χ3v) is 7.04. The highest BCUT2D eigenvalue weighted by molar-refractivity contribution is 5.86. The third-order valence-electron chi connectivity index (χ3n) is 7.04. The first-order valence-electron chi connectivity index (χ1n) is 12.9. The first kappa shape index (κ1) is 24.9. The van der Waals surface area contributed by atoms with Crippen LogP contribution in [0.4, 0.5) is 0 Å². The maximum Gasteiger partial charge on any atom is 0.224 e. The molecular weight excluding hydrogens is 438 g/mol. The SMILES string of the molecule is CCN1CCCC(C(=O)N[C@@H](CCCCCC(N)=O)c2ncc(-c3ccc4ccccc4c3)[nH]2)C1. The lowest BCUT2D eigenvalue weighted by Gasteiger charge is -2.31. The minimum atomic E-state index is -0.265. The molecule has 1 saturated heterocycles. The number of unbranched alkanes of at least 4 members (excludes halogenated alkanes) is 2. The fraction of sp³-hybridized carbons (Fsp3) is 0.464. The van der Waals surface area contributed by atoms with E-state index in [1.165, 1.54) is 10.8 Å². The van der Waals surface area contributed by atoms with E-state index in [2.05, 4.69) is 57.4 Å². The van der Waals surface area contributed by atoms with Crippen molar-refractivity contribution in [2.45, 2.75) is 57.9 Å². The van der Waals surface area contributed by atoms with Crippen molar-refractivity contribution < 1.29 is 9.59 Å². The largest absolute Gasteiger partial charge is 0.370 e. The number of H-pyrrole nitrogens is 1. The Kier molecular flexibility index (Phi) is 8.53. The van der Waals surface area contributed by atoms with Crippen molar-refractivity contribution in [2.75, 3.05) is 19.6 Å². The second-order valence-electron chi connectivity index (χ2n) is 9.60. The van der Waals surface area contributed by atoms with E-state index < -0.39 is 0 Å². The summed E-state index contributed by atoms with van der Waals surface area (Å²) >= 11 is 0. The number of nitrogens with one attached hydrogen (secondary N) is 2. The van der Waals surface area contributed by atoms with Gasteiger partial charge < -0.3 is 20.9 Å². The number of fused-ring (bicyclic) bond motifs is 1. The number of aromatic amines is 1. The second kappa shape index (κ2) is 12.0. The second-order valence-corrected chi connectivity index (χ2v) is 9.60. The molecule has 0 aliphatic carbocycles. The number of hydrogen-bond acceptors (Lipinski definition) is 4. The molecule has 2 aromatic carbocycles. The van der Waals surface area contributed by atoms with E-state index in [0.29, 0.717) is 6.42 Å². The Labute approximate surface area is 207 Å². The number of hydrogen-bond donors (Lipinski definition) is 3. The van der Waals surface area contributed by atoms with Crippen LogP contribution in [0.2, 0.25) is 0 Å². The number of carbonyl (C=O) groups is 2. The van der Waals surface area contributed by atoms with Gasteiger partial charge in [0.15, 0.2) is 0 Å². The molecule has 1 aliphatic rings. The Morgan fingerprint density at radius 3 is 2.80 bits per heavy atom. The van der Waals surface area contributed by atoms with Crippen LogP contribution < -0.4 is 11.1 Å². The lowest BCUT2D eigenvalue weighted by atomic mass is 9.96. The molecule has 4 N–H and O–H groups in total.